The second kappa shape index (κ2) is 9.26. The van der Waals surface area contributed by atoms with Gasteiger partial charge in [0.2, 0.25) is 0 Å². The SMILES string of the molecule is CN(C)Cc1nc2sc3c(c2c(=O)n1CC(=O)OC1CCC(C(C)(C)C)CC1)CCCC3. The number of fused-ring (bicyclic) bond motifs is 3. The van der Waals surface area contributed by atoms with Crippen LogP contribution in [0.15, 0.2) is 4.79 Å². The van der Waals surface area contributed by atoms with Crippen molar-refractivity contribution in [2.45, 2.75) is 91.3 Å². The number of hydrogen-bond donors (Lipinski definition) is 0. The molecule has 6 nitrogen and oxygen atoms in total. The summed E-state index contributed by atoms with van der Waals surface area (Å²) in [6.07, 6.45) is 8.17. The van der Waals surface area contributed by atoms with Crippen molar-refractivity contribution in [2.24, 2.45) is 11.3 Å². The van der Waals surface area contributed by atoms with Gasteiger partial charge in [-0.05, 0) is 82.4 Å². The second-order valence-electron chi connectivity index (χ2n) is 10.9. The van der Waals surface area contributed by atoms with Gasteiger partial charge in [0.1, 0.15) is 23.3 Å². The number of carbonyl (C=O) groups excluding carboxylic acids is 1. The number of carbonyl (C=O) groups is 1. The lowest BCUT2D eigenvalue weighted by Gasteiger charge is -2.36. The van der Waals surface area contributed by atoms with Crippen LogP contribution in [0.25, 0.3) is 10.2 Å². The molecule has 176 valence electrons. The van der Waals surface area contributed by atoms with Gasteiger partial charge in [-0.15, -0.1) is 11.3 Å². The molecule has 0 saturated heterocycles. The Hall–Kier alpha value is -1.73. The van der Waals surface area contributed by atoms with Crippen molar-refractivity contribution in [2.75, 3.05) is 14.1 Å². The normalized spacial score (nSPS) is 21.7. The minimum atomic E-state index is -0.323. The summed E-state index contributed by atoms with van der Waals surface area (Å²) in [6.45, 7) is 7.31. The molecule has 1 fully saturated rings. The predicted molar refractivity (Wildman–Crippen MR) is 129 cm³/mol. The van der Waals surface area contributed by atoms with Crippen molar-refractivity contribution in [3.63, 3.8) is 0 Å². The van der Waals surface area contributed by atoms with Crippen LogP contribution in [-0.4, -0.2) is 40.6 Å². The van der Waals surface area contributed by atoms with Crippen LogP contribution in [0.5, 0.6) is 0 Å². The van der Waals surface area contributed by atoms with Crippen molar-refractivity contribution in [3.05, 3.63) is 26.6 Å². The second-order valence-corrected chi connectivity index (χ2v) is 12.0. The van der Waals surface area contributed by atoms with Crippen LogP contribution in [0.2, 0.25) is 0 Å². The van der Waals surface area contributed by atoms with Crippen molar-refractivity contribution in [1.82, 2.24) is 14.5 Å². The highest BCUT2D eigenvalue weighted by Gasteiger charge is 2.31. The summed E-state index contributed by atoms with van der Waals surface area (Å²) in [7, 11) is 3.90. The summed E-state index contributed by atoms with van der Waals surface area (Å²) < 4.78 is 7.40. The number of hydrogen-bond acceptors (Lipinski definition) is 6. The Morgan fingerprint density at radius 3 is 2.50 bits per heavy atom. The molecule has 0 aromatic carbocycles. The summed E-state index contributed by atoms with van der Waals surface area (Å²) in [5, 5.41) is 0.727. The van der Waals surface area contributed by atoms with E-state index in [1.54, 1.807) is 15.9 Å². The zero-order chi connectivity index (χ0) is 23.0. The molecule has 0 N–H and O–H groups in total. The number of aryl methyl sites for hydroxylation is 2. The van der Waals surface area contributed by atoms with Crippen LogP contribution < -0.4 is 5.56 Å². The van der Waals surface area contributed by atoms with E-state index in [9.17, 15) is 9.59 Å². The van der Waals surface area contributed by atoms with Crippen LogP contribution in [-0.2, 0) is 35.5 Å². The van der Waals surface area contributed by atoms with Crippen molar-refractivity contribution in [1.29, 1.82) is 0 Å². The lowest BCUT2D eigenvalue weighted by Crippen LogP contribution is -2.34. The number of ether oxygens (including phenoxy) is 1. The largest absolute Gasteiger partial charge is 0.461 e. The number of nitrogens with zero attached hydrogens (tertiary/aromatic N) is 3. The van der Waals surface area contributed by atoms with Crippen LogP contribution >= 0.6 is 11.3 Å². The van der Waals surface area contributed by atoms with E-state index in [0.717, 1.165) is 60.7 Å². The van der Waals surface area contributed by atoms with E-state index in [1.807, 2.05) is 19.0 Å². The molecular weight excluding hydrogens is 422 g/mol. The third kappa shape index (κ3) is 4.93. The summed E-state index contributed by atoms with van der Waals surface area (Å²) in [5.41, 5.74) is 1.37. The maximum absolute atomic E-state index is 13.5. The minimum absolute atomic E-state index is 0.0419. The topological polar surface area (TPSA) is 64.4 Å². The molecule has 2 aliphatic carbocycles. The summed E-state index contributed by atoms with van der Waals surface area (Å²) >= 11 is 1.65. The lowest BCUT2D eigenvalue weighted by molar-refractivity contribution is -0.152. The third-order valence-corrected chi connectivity index (χ3v) is 8.28. The molecule has 0 spiro atoms. The van der Waals surface area contributed by atoms with Gasteiger partial charge in [0.25, 0.3) is 5.56 Å². The number of aromatic nitrogens is 2. The maximum Gasteiger partial charge on any atom is 0.326 e. The minimum Gasteiger partial charge on any atom is -0.461 e. The van der Waals surface area contributed by atoms with Gasteiger partial charge in [-0.3, -0.25) is 14.2 Å². The molecule has 2 aliphatic rings. The Labute approximate surface area is 195 Å². The molecule has 0 aliphatic heterocycles. The number of rotatable bonds is 5. The quantitative estimate of drug-likeness (QED) is 0.614. The zero-order valence-corrected chi connectivity index (χ0v) is 21.0. The molecular formula is C25H37N3O3S. The molecule has 0 bridgehead atoms. The molecule has 0 unspecified atom stereocenters. The van der Waals surface area contributed by atoms with Gasteiger partial charge in [0.05, 0.1) is 11.9 Å². The first-order chi connectivity index (χ1) is 15.1. The highest BCUT2D eigenvalue weighted by atomic mass is 32.1. The van der Waals surface area contributed by atoms with Gasteiger partial charge < -0.3 is 9.64 Å². The van der Waals surface area contributed by atoms with Gasteiger partial charge in [0, 0.05) is 4.88 Å². The average Bonchev–Trinajstić information content (AvgIpc) is 3.08. The van der Waals surface area contributed by atoms with Crippen molar-refractivity contribution >= 4 is 27.5 Å². The van der Waals surface area contributed by atoms with E-state index >= 15 is 0 Å². The first kappa shape index (κ1) is 23.4. The van der Waals surface area contributed by atoms with Gasteiger partial charge in [0.15, 0.2) is 0 Å². The van der Waals surface area contributed by atoms with Gasteiger partial charge in [-0.25, -0.2) is 4.98 Å². The fourth-order valence-electron chi connectivity index (χ4n) is 5.25. The number of esters is 1. The Morgan fingerprint density at radius 2 is 1.84 bits per heavy atom. The first-order valence-corrected chi connectivity index (χ1v) is 12.8. The van der Waals surface area contributed by atoms with E-state index in [2.05, 4.69) is 20.8 Å². The van der Waals surface area contributed by atoms with Gasteiger partial charge in [-0.1, -0.05) is 20.8 Å². The summed E-state index contributed by atoms with van der Waals surface area (Å²) in [4.78, 5) is 35.4. The molecule has 2 aromatic rings. The van der Waals surface area contributed by atoms with Crippen molar-refractivity contribution < 1.29 is 9.53 Å². The van der Waals surface area contributed by atoms with E-state index in [4.69, 9.17) is 9.72 Å². The summed E-state index contributed by atoms with van der Waals surface area (Å²) in [5.74, 6) is 0.985. The number of thiophene rings is 1. The van der Waals surface area contributed by atoms with E-state index in [1.165, 1.54) is 11.3 Å². The molecule has 2 aromatic heterocycles. The van der Waals surface area contributed by atoms with Gasteiger partial charge >= 0.3 is 5.97 Å². The summed E-state index contributed by atoms with van der Waals surface area (Å²) in [6, 6.07) is 0. The van der Waals surface area contributed by atoms with Crippen molar-refractivity contribution in [3.8, 4) is 0 Å². The fraction of sp³-hybridized carbons (Fsp3) is 0.720. The smallest absolute Gasteiger partial charge is 0.326 e. The highest BCUT2D eigenvalue weighted by Crippen LogP contribution is 2.38. The van der Waals surface area contributed by atoms with E-state index < -0.39 is 0 Å². The predicted octanol–water partition coefficient (Wildman–Crippen LogP) is 4.55. The molecule has 0 amide bonds. The fourth-order valence-corrected chi connectivity index (χ4v) is 6.52. The first-order valence-electron chi connectivity index (χ1n) is 12.0. The monoisotopic (exact) mass is 459 g/mol. The Balaban J connectivity index is 1.55. The van der Waals surface area contributed by atoms with Crippen LogP contribution in [0.1, 0.15) is 75.6 Å². The highest BCUT2D eigenvalue weighted by molar-refractivity contribution is 7.18. The Bertz CT molecular complexity index is 1040. The maximum atomic E-state index is 13.5. The third-order valence-electron chi connectivity index (χ3n) is 7.10. The molecule has 7 heteroatoms. The molecule has 4 rings (SSSR count). The van der Waals surface area contributed by atoms with Gasteiger partial charge in [-0.2, -0.15) is 0 Å². The Kier molecular flexibility index (Phi) is 6.78. The van der Waals surface area contributed by atoms with E-state index in [0.29, 0.717) is 23.7 Å². The lowest BCUT2D eigenvalue weighted by atomic mass is 9.72. The Morgan fingerprint density at radius 1 is 1.16 bits per heavy atom. The van der Waals surface area contributed by atoms with Crippen LogP contribution in [0.4, 0.5) is 0 Å². The molecule has 0 atom stereocenters. The van der Waals surface area contributed by atoms with Crippen LogP contribution in [0, 0.1) is 11.3 Å². The molecule has 2 heterocycles. The van der Waals surface area contributed by atoms with E-state index in [-0.39, 0.29) is 24.2 Å². The van der Waals surface area contributed by atoms with Crippen LogP contribution in [0.3, 0.4) is 0 Å². The standard InChI is InChI=1S/C25H37N3O3S/c1-25(2,3)16-10-12-17(13-11-16)31-21(29)15-28-20(14-27(4)5)26-23-22(24(28)30)18-8-6-7-9-19(18)32-23/h16-17H,6-15H2,1-5H3. The molecule has 0 radical (unpaired) electrons. The zero-order valence-electron chi connectivity index (χ0n) is 20.2. The average molecular weight is 460 g/mol. The molecule has 1 saturated carbocycles. The molecule has 32 heavy (non-hydrogen) atoms.